The van der Waals surface area contributed by atoms with Gasteiger partial charge in [0.15, 0.2) is 5.58 Å². The largest absolute Gasteiger partial charge is 0.436 e. The molecular weight excluding hydrogens is 285 g/mol. The Labute approximate surface area is 105 Å². The molecule has 0 saturated carbocycles. The lowest BCUT2D eigenvalue weighted by Crippen LogP contribution is -1.75. The molecule has 0 atom stereocenters. The molecule has 0 N–H and O–H groups in total. The molecule has 0 amide bonds. The van der Waals surface area contributed by atoms with Crippen LogP contribution in [0.25, 0.3) is 22.6 Å². The highest BCUT2D eigenvalue weighted by molar-refractivity contribution is 9.10. The first-order valence-corrected chi connectivity index (χ1v) is 5.84. The number of hydrogen-bond acceptors (Lipinski definition) is 2. The standard InChI is InChI=1S/C13H7BrFNO/c14-9-3-1-8(2-4-9)13-16-11-6-5-10(15)7-12(11)17-13/h1-7H. The Morgan fingerprint density at radius 3 is 2.59 bits per heavy atom. The van der Waals surface area contributed by atoms with E-state index in [0.29, 0.717) is 17.0 Å². The summed E-state index contributed by atoms with van der Waals surface area (Å²) in [4.78, 5) is 4.31. The average molecular weight is 292 g/mol. The van der Waals surface area contributed by atoms with Crippen molar-refractivity contribution in [2.75, 3.05) is 0 Å². The topological polar surface area (TPSA) is 26.0 Å². The zero-order valence-corrected chi connectivity index (χ0v) is 10.2. The van der Waals surface area contributed by atoms with Crippen LogP contribution in [0, 0.1) is 5.82 Å². The van der Waals surface area contributed by atoms with Crippen molar-refractivity contribution >= 4 is 27.0 Å². The summed E-state index contributed by atoms with van der Waals surface area (Å²) < 4.78 is 19.5. The van der Waals surface area contributed by atoms with E-state index in [4.69, 9.17) is 4.42 Å². The maximum Gasteiger partial charge on any atom is 0.227 e. The van der Waals surface area contributed by atoms with Gasteiger partial charge in [0.2, 0.25) is 5.89 Å². The molecule has 3 rings (SSSR count). The van der Waals surface area contributed by atoms with Crippen LogP contribution in [0.2, 0.25) is 0 Å². The number of rotatable bonds is 1. The van der Waals surface area contributed by atoms with Gasteiger partial charge in [0.25, 0.3) is 0 Å². The molecule has 0 radical (unpaired) electrons. The van der Waals surface area contributed by atoms with E-state index in [0.717, 1.165) is 10.0 Å². The Hall–Kier alpha value is -1.68. The lowest BCUT2D eigenvalue weighted by Gasteiger charge is -1.94. The molecule has 0 saturated heterocycles. The fourth-order valence-electron chi connectivity index (χ4n) is 1.61. The van der Waals surface area contributed by atoms with Crippen LogP contribution in [0.1, 0.15) is 0 Å². The number of hydrogen-bond donors (Lipinski definition) is 0. The molecule has 0 aliphatic heterocycles. The van der Waals surface area contributed by atoms with E-state index in [1.807, 2.05) is 24.3 Å². The van der Waals surface area contributed by atoms with Gasteiger partial charge in [-0.15, -0.1) is 0 Å². The normalized spacial score (nSPS) is 10.9. The molecule has 84 valence electrons. The maximum absolute atomic E-state index is 13.0. The summed E-state index contributed by atoms with van der Waals surface area (Å²) in [5.41, 5.74) is 1.98. The van der Waals surface area contributed by atoms with Crippen molar-refractivity contribution < 1.29 is 8.81 Å². The Kier molecular flexibility index (Phi) is 2.44. The molecule has 3 aromatic rings. The highest BCUT2D eigenvalue weighted by Crippen LogP contribution is 2.25. The predicted molar refractivity (Wildman–Crippen MR) is 67.1 cm³/mol. The minimum atomic E-state index is -0.323. The molecule has 1 aromatic heterocycles. The van der Waals surface area contributed by atoms with Crippen molar-refractivity contribution in [1.82, 2.24) is 4.98 Å². The minimum absolute atomic E-state index is 0.323. The monoisotopic (exact) mass is 291 g/mol. The second-order valence-corrected chi connectivity index (χ2v) is 4.55. The van der Waals surface area contributed by atoms with Crippen LogP contribution in [0.5, 0.6) is 0 Å². The molecule has 1 heterocycles. The van der Waals surface area contributed by atoms with Gasteiger partial charge in [-0.25, -0.2) is 9.37 Å². The fourth-order valence-corrected chi connectivity index (χ4v) is 1.88. The third kappa shape index (κ3) is 1.96. The number of benzene rings is 2. The van der Waals surface area contributed by atoms with Gasteiger partial charge in [-0.3, -0.25) is 0 Å². The van der Waals surface area contributed by atoms with E-state index in [1.165, 1.54) is 12.1 Å². The summed E-state index contributed by atoms with van der Waals surface area (Å²) >= 11 is 3.36. The number of nitrogens with zero attached hydrogens (tertiary/aromatic N) is 1. The van der Waals surface area contributed by atoms with E-state index >= 15 is 0 Å². The molecule has 0 aliphatic carbocycles. The quantitative estimate of drug-likeness (QED) is 0.664. The van der Waals surface area contributed by atoms with Crippen molar-refractivity contribution in [2.24, 2.45) is 0 Å². The molecule has 2 nitrogen and oxygen atoms in total. The summed E-state index contributed by atoms with van der Waals surface area (Å²) in [6, 6.07) is 11.9. The summed E-state index contributed by atoms with van der Waals surface area (Å²) in [6.45, 7) is 0. The van der Waals surface area contributed by atoms with Gasteiger partial charge in [-0.1, -0.05) is 15.9 Å². The van der Waals surface area contributed by atoms with Gasteiger partial charge in [-0.2, -0.15) is 0 Å². The third-order valence-electron chi connectivity index (χ3n) is 2.44. The summed E-state index contributed by atoms with van der Waals surface area (Å²) in [5, 5.41) is 0. The number of aromatic nitrogens is 1. The maximum atomic E-state index is 13.0. The van der Waals surface area contributed by atoms with Crippen LogP contribution in [0.3, 0.4) is 0 Å². The fraction of sp³-hybridized carbons (Fsp3) is 0. The van der Waals surface area contributed by atoms with Crippen LogP contribution in [0.4, 0.5) is 4.39 Å². The molecule has 17 heavy (non-hydrogen) atoms. The average Bonchev–Trinajstić information content (AvgIpc) is 2.72. The molecule has 4 heteroatoms. The van der Waals surface area contributed by atoms with Crippen LogP contribution >= 0.6 is 15.9 Å². The van der Waals surface area contributed by atoms with Crippen LogP contribution in [-0.2, 0) is 0 Å². The Bertz CT molecular complexity index is 675. The summed E-state index contributed by atoms with van der Waals surface area (Å²) in [5.74, 6) is 0.175. The molecule has 0 bridgehead atoms. The van der Waals surface area contributed by atoms with E-state index in [1.54, 1.807) is 6.07 Å². The SMILES string of the molecule is Fc1ccc2nc(-c3ccc(Br)cc3)oc2c1. The van der Waals surface area contributed by atoms with E-state index in [9.17, 15) is 4.39 Å². The summed E-state index contributed by atoms with van der Waals surface area (Å²) in [7, 11) is 0. The highest BCUT2D eigenvalue weighted by Gasteiger charge is 2.08. The molecule has 0 aliphatic rings. The Morgan fingerprint density at radius 1 is 1.06 bits per heavy atom. The first-order valence-electron chi connectivity index (χ1n) is 5.04. The molecule has 0 unspecified atom stereocenters. The van der Waals surface area contributed by atoms with Crippen LogP contribution in [-0.4, -0.2) is 4.98 Å². The van der Waals surface area contributed by atoms with Gasteiger partial charge < -0.3 is 4.42 Å². The lowest BCUT2D eigenvalue weighted by molar-refractivity contribution is 0.602. The molecular formula is C13H7BrFNO. The second-order valence-electron chi connectivity index (χ2n) is 3.64. The minimum Gasteiger partial charge on any atom is -0.436 e. The van der Waals surface area contributed by atoms with Crippen LogP contribution in [0.15, 0.2) is 51.4 Å². The highest BCUT2D eigenvalue weighted by atomic mass is 79.9. The zero-order valence-electron chi connectivity index (χ0n) is 8.65. The van der Waals surface area contributed by atoms with Crippen molar-refractivity contribution in [3.63, 3.8) is 0 Å². The zero-order chi connectivity index (χ0) is 11.8. The first kappa shape index (κ1) is 10.5. The van der Waals surface area contributed by atoms with Gasteiger partial charge in [0.05, 0.1) is 0 Å². The van der Waals surface area contributed by atoms with E-state index in [-0.39, 0.29) is 5.82 Å². The number of halogens is 2. The van der Waals surface area contributed by atoms with Crippen molar-refractivity contribution in [1.29, 1.82) is 0 Å². The summed E-state index contributed by atoms with van der Waals surface area (Å²) in [6.07, 6.45) is 0. The first-order chi connectivity index (χ1) is 8.22. The molecule has 0 spiro atoms. The van der Waals surface area contributed by atoms with Gasteiger partial charge in [-0.05, 0) is 36.4 Å². The van der Waals surface area contributed by atoms with Crippen molar-refractivity contribution in [2.45, 2.75) is 0 Å². The van der Waals surface area contributed by atoms with Crippen LogP contribution < -0.4 is 0 Å². The molecule has 0 fully saturated rings. The van der Waals surface area contributed by atoms with Crippen molar-refractivity contribution in [3.8, 4) is 11.5 Å². The second kappa shape index (κ2) is 3.96. The Morgan fingerprint density at radius 2 is 1.82 bits per heavy atom. The number of fused-ring (bicyclic) bond motifs is 1. The van der Waals surface area contributed by atoms with Gasteiger partial charge >= 0.3 is 0 Å². The smallest absolute Gasteiger partial charge is 0.227 e. The Balaban J connectivity index is 2.14. The molecule has 2 aromatic carbocycles. The van der Waals surface area contributed by atoms with Crippen molar-refractivity contribution in [3.05, 3.63) is 52.8 Å². The lowest BCUT2D eigenvalue weighted by atomic mass is 10.2. The van der Waals surface area contributed by atoms with Gasteiger partial charge in [0.1, 0.15) is 11.3 Å². The number of oxazole rings is 1. The third-order valence-corrected chi connectivity index (χ3v) is 2.97. The van der Waals surface area contributed by atoms with Gasteiger partial charge in [0, 0.05) is 16.1 Å². The van der Waals surface area contributed by atoms with E-state index < -0.39 is 0 Å². The van der Waals surface area contributed by atoms with E-state index in [2.05, 4.69) is 20.9 Å². The predicted octanol–water partition coefficient (Wildman–Crippen LogP) is 4.40.